The Bertz CT molecular complexity index is 623. The summed E-state index contributed by atoms with van der Waals surface area (Å²) in [5.41, 5.74) is 2.19. The van der Waals surface area contributed by atoms with Gasteiger partial charge in [0.1, 0.15) is 0 Å². The lowest BCUT2D eigenvalue weighted by Gasteiger charge is -2.14. The average Bonchev–Trinajstić information content (AvgIpc) is 2.71. The molecular formula is C15H18ClN3O. The summed E-state index contributed by atoms with van der Waals surface area (Å²) in [6.45, 7) is 1.47. The second-order valence-corrected chi connectivity index (χ2v) is 5.66. The quantitative estimate of drug-likeness (QED) is 0.814. The van der Waals surface area contributed by atoms with Gasteiger partial charge in [-0.2, -0.15) is 0 Å². The van der Waals surface area contributed by atoms with E-state index in [0.717, 1.165) is 47.3 Å². The number of amides is 1. The second-order valence-electron chi connectivity index (χ2n) is 5.22. The number of H-pyrrole nitrogens is 1. The van der Waals surface area contributed by atoms with Crippen LogP contribution < -0.4 is 10.6 Å². The first-order chi connectivity index (χ1) is 9.74. The minimum Gasteiger partial charge on any atom is -0.361 e. The number of halogens is 1. The predicted molar refractivity (Wildman–Crippen MR) is 80.8 cm³/mol. The fourth-order valence-electron chi connectivity index (χ4n) is 2.67. The molecule has 3 rings (SSSR count). The monoisotopic (exact) mass is 291 g/mol. The van der Waals surface area contributed by atoms with E-state index in [9.17, 15) is 4.79 Å². The Labute approximate surface area is 122 Å². The molecule has 2 heterocycles. The molecule has 2 aromatic rings. The summed E-state index contributed by atoms with van der Waals surface area (Å²) in [6.07, 6.45) is 5.03. The number of fused-ring (bicyclic) bond motifs is 1. The molecule has 1 aliphatic heterocycles. The second kappa shape index (κ2) is 5.85. The molecule has 1 aromatic carbocycles. The van der Waals surface area contributed by atoms with E-state index in [-0.39, 0.29) is 11.9 Å². The van der Waals surface area contributed by atoms with Gasteiger partial charge in [-0.05, 0) is 37.0 Å². The maximum atomic E-state index is 11.9. The molecule has 1 amide bonds. The normalized spacial score (nSPS) is 19.9. The van der Waals surface area contributed by atoms with Crippen LogP contribution in [-0.2, 0) is 11.3 Å². The number of carbonyl (C=O) groups excluding carboxylic acids is 1. The van der Waals surface area contributed by atoms with E-state index in [1.54, 1.807) is 0 Å². The van der Waals surface area contributed by atoms with Crippen LogP contribution in [0.1, 0.15) is 24.8 Å². The maximum absolute atomic E-state index is 11.9. The van der Waals surface area contributed by atoms with Gasteiger partial charge in [0.25, 0.3) is 0 Å². The lowest BCUT2D eigenvalue weighted by molar-refractivity contribution is -0.122. The van der Waals surface area contributed by atoms with Crippen LogP contribution in [0, 0.1) is 0 Å². The summed E-state index contributed by atoms with van der Waals surface area (Å²) in [7, 11) is 0. The van der Waals surface area contributed by atoms with Gasteiger partial charge in [-0.3, -0.25) is 4.79 Å². The highest BCUT2D eigenvalue weighted by Crippen LogP contribution is 2.22. The van der Waals surface area contributed by atoms with E-state index in [2.05, 4.69) is 15.6 Å². The molecule has 106 valence electrons. The first-order valence-electron chi connectivity index (χ1n) is 7.00. The fourth-order valence-corrected chi connectivity index (χ4v) is 2.84. The van der Waals surface area contributed by atoms with Crippen LogP contribution in [-0.4, -0.2) is 23.5 Å². The van der Waals surface area contributed by atoms with Crippen molar-refractivity contribution in [3.8, 4) is 0 Å². The molecule has 0 radical (unpaired) electrons. The first kappa shape index (κ1) is 13.5. The van der Waals surface area contributed by atoms with Gasteiger partial charge in [-0.25, -0.2) is 0 Å². The average molecular weight is 292 g/mol. The van der Waals surface area contributed by atoms with Crippen LogP contribution in [0.5, 0.6) is 0 Å². The van der Waals surface area contributed by atoms with E-state index in [1.165, 1.54) is 0 Å². The number of rotatable bonds is 3. The van der Waals surface area contributed by atoms with Crippen molar-refractivity contribution in [2.24, 2.45) is 0 Å². The van der Waals surface area contributed by atoms with Gasteiger partial charge in [-0.15, -0.1) is 0 Å². The molecule has 1 aliphatic rings. The Morgan fingerprint density at radius 3 is 3.15 bits per heavy atom. The summed E-state index contributed by atoms with van der Waals surface area (Å²) in [5, 5.41) is 8.17. The van der Waals surface area contributed by atoms with Gasteiger partial charge in [0.2, 0.25) is 5.91 Å². The number of benzene rings is 1. The zero-order valence-corrected chi connectivity index (χ0v) is 12.0. The van der Waals surface area contributed by atoms with E-state index in [1.807, 2.05) is 24.4 Å². The Balaban J connectivity index is 1.71. The van der Waals surface area contributed by atoms with Gasteiger partial charge < -0.3 is 15.6 Å². The van der Waals surface area contributed by atoms with E-state index >= 15 is 0 Å². The van der Waals surface area contributed by atoms with Crippen molar-refractivity contribution in [3.05, 3.63) is 35.0 Å². The summed E-state index contributed by atoms with van der Waals surface area (Å²) in [6, 6.07) is 5.73. The van der Waals surface area contributed by atoms with Crippen LogP contribution in [0.2, 0.25) is 5.02 Å². The molecule has 1 saturated heterocycles. The number of aromatic nitrogens is 1. The highest BCUT2D eigenvalue weighted by molar-refractivity contribution is 6.31. The van der Waals surface area contributed by atoms with Gasteiger partial charge in [0.15, 0.2) is 0 Å². The fraction of sp³-hybridized carbons (Fsp3) is 0.400. The molecule has 3 N–H and O–H groups in total. The molecule has 20 heavy (non-hydrogen) atoms. The Morgan fingerprint density at radius 2 is 2.25 bits per heavy atom. The Morgan fingerprint density at radius 1 is 1.35 bits per heavy atom. The zero-order valence-electron chi connectivity index (χ0n) is 11.2. The largest absolute Gasteiger partial charge is 0.361 e. The molecule has 1 atom stereocenters. The van der Waals surface area contributed by atoms with Gasteiger partial charge >= 0.3 is 0 Å². The molecule has 5 heteroatoms. The summed E-state index contributed by atoms with van der Waals surface area (Å²) in [4.78, 5) is 15.1. The number of hydrogen-bond acceptors (Lipinski definition) is 2. The zero-order chi connectivity index (χ0) is 13.9. The van der Waals surface area contributed by atoms with Gasteiger partial charge in [-0.1, -0.05) is 17.7 Å². The third kappa shape index (κ3) is 2.81. The Kier molecular flexibility index (Phi) is 3.94. The maximum Gasteiger partial charge on any atom is 0.237 e. The van der Waals surface area contributed by atoms with Crippen LogP contribution in [0.25, 0.3) is 10.9 Å². The van der Waals surface area contributed by atoms with E-state index in [0.29, 0.717) is 6.54 Å². The summed E-state index contributed by atoms with van der Waals surface area (Å²) >= 11 is 5.98. The van der Waals surface area contributed by atoms with Crippen molar-refractivity contribution in [2.45, 2.75) is 31.8 Å². The third-order valence-electron chi connectivity index (χ3n) is 3.80. The molecule has 0 bridgehead atoms. The molecule has 0 aliphatic carbocycles. The molecule has 0 spiro atoms. The number of nitrogens with one attached hydrogen (secondary N) is 3. The minimum absolute atomic E-state index is 0.0882. The molecule has 0 saturated carbocycles. The molecule has 1 fully saturated rings. The number of carbonyl (C=O) groups is 1. The van der Waals surface area contributed by atoms with Crippen LogP contribution in [0.15, 0.2) is 24.4 Å². The van der Waals surface area contributed by atoms with Crippen molar-refractivity contribution >= 4 is 28.4 Å². The summed E-state index contributed by atoms with van der Waals surface area (Å²) < 4.78 is 0. The third-order valence-corrected chi connectivity index (χ3v) is 4.04. The standard InChI is InChI=1S/C15H18ClN3O/c16-11-4-5-12-10(9-19-14(12)7-11)8-18-13-3-1-2-6-17-15(13)20/h4-5,7,9,13,18-19H,1-3,6,8H2,(H,17,20). The molecule has 1 unspecified atom stereocenters. The Hall–Kier alpha value is -1.52. The van der Waals surface area contributed by atoms with Crippen molar-refractivity contribution in [1.82, 2.24) is 15.6 Å². The van der Waals surface area contributed by atoms with Crippen molar-refractivity contribution in [2.75, 3.05) is 6.54 Å². The van der Waals surface area contributed by atoms with E-state index in [4.69, 9.17) is 11.6 Å². The highest BCUT2D eigenvalue weighted by Gasteiger charge is 2.20. The van der Waals surface area contributed by atoms with Gasteiger partial charge in [0.05, 0.1) is 6.04 Å². The molecule has 1 aromatic heterocycles. The lowest BCUT2D eigenvalue weighted by Crippen LogP contribution is -2.42. The topological polar surface area (TPSA) is 56.9 Å². The van der Waals surface area contributed by atoms with Crippen molar-refractivity contribution < 1.29 is 4.79 Å². The van der Waals surface area contributed by atoms with Crippen LogP contribution >= 0.6 is 11.6 Å². The molecular weight excluding hydrogens is 274 g/mol. The van der Waals surface area contributed by atoms with Crippen LogP contribution in [0.3, 0.4) is 0 Å². The summed E-state index contributed by atoms with van der Waals surface area (Å²) in [5.74, 6) is 0.116. The van der Waals surface area contributed by atoms with E-state index < -0.39 is 0 Å². The number of hydrogen-bond donors (Lipinski definition) is 3. The number of aromatic amines is 1. The first-order valence-corrected chi connectivity index (χ1v) is 7.38. The van der Waals surface area contributed by atoms with Crippen molar-refractivity contribution in [1.29, 1.82) is 0 Å². The minimum atomic E-state index is -0.0882. The predicted octanol–water partition coefficient (Wildman–Crippen LogP) is 2.58. The molecule has 4 nitrogen and oxygen atoms in total. The SMILES string of the molecule is O=C1NCCCCC1NCc1c[nH]c2cc(Cl)ccc12. The van der Waals surface area contributed by atoms with Crippen molar-refractivity contribution in [3.63, 3.8) is 0 Å². The highest BCUT2D eigenvalue weighted by atomic mass is 35.5. The lowest BCUT2D eigenvalue weighted by atomic mass is 10.1. The van der Waals surface area contributed by atoms with Crippen LogP contribution in [0.4, 0.5) is 0 Å². The van der Waals surface area contributed by atoms with Gasteiger partial charge in [0, 0.05) is 35.2 Å². The smallest absolute Gasteiger partial charge is 0.237 e.